The molecule has 0 amide bonds. The summed E-state index contributed by atoms with van der Waals surface area (Å²) in [7, 11) is -4.63. The molecule has 8 heteroatoms. The number of carbonyl (C=O) groups is 1. The number of unbranched alkanes of at least 4 members (excludes halogenated alkanes) is 24. The van der Waals surface area contributed by atoms with Gasteiger partial charge in [0.05, 0.1) is 13.2 Å². The van der Waals surface area contributed by atoms with E-state index < -0.39 is 13.9 Å². The number of ether oxygens (including phenoxy) is 2. The second kappa shape index (κ2) is 31.9. The summed E-state index contributed by atoms with van der Waals surface area (Å²) < 4.78 is 26.8. The summed E-state index contributed by atoms with van der Waals surface area (Å²) in [4.78, 5) is 30.3. The van der Waals surface area contributed by atoms with Crippen LogP contribution in [0.3, 0.4) is 0 Å². The lowest BCUT2D eigenvalue weighted by molar-refractivity contribution is -0.154. The average molecular weight is 621 g/mol. The smallest absolute Gasteiger partial charge is 0.457 e. The van der Waals surface area contributed by atoms with E-state index in [4.69, 9.17) is 19.3 Å². The van der Waals surface area contributed by atoms with E-state index >= 15 is 0 Å². The van der Waals surface area contributed by atoms with Crippen LogP contribution >= 0.6 is 7.82 Å². The molecule has 0 saturated heterocycles. The van der Waals surface area contributed by atoms with Gasteiger partial charge >= 0.3 is 13.8 Å². The lowest BCUT2D eigenvalue weighted by atomic mass is 10.0. The van der Waals surface area contributed by atoms with Gasteiger partial charge < -0.3 is 19.3 Å². The predicted molar refractivity (Wildman–Crippen MR) is 175 cm³/mol. The third-order valence-electron chi connectivity index (χ3n) is 7.91. The van der Waals surface area contributed by atoms with Crippen LogP contribution in [0.25, 0.3) is 0 Å². The zero-order chi connectivity index (χ0) is 31.0. The van der Waals surface area contributed by atoms with Gasteiger partial charge in [0.1, 0.15) is 6.10 Å². The van der Waals surface area contributed by atoms with Crippen molar-refractivity contribution < 1.29 is 33.1 Å². The van der Waals surface area contributed by atoms with Crippen molar-refractivity contribution in [1.82, 2.24) is 0 Å². The molecule has 0 bridgehead atoms. The summed E-state index contributed by atoms with van der Waals surface area (Å²) in [6, 6.07) is 0. The first kappa shape index (κ1) is 41.5. The summed E-state index contributed by atoms with van der Waals surface area (Å²) >= 11 is 0. The maximum atomic E-state index is 12.2. The van der Waals surface area contributed by atoms with Gasteiger partial charge in [0.25, 0.3) is 0 Å². The van der Waals surface area contributed by atoms with E-state index in [9.17, 15) is 9.36 Å². The second-order valence-electron chi connectivity index (χ2n) is 12.2. The normalized spacial score (nSPS) is 12.6. The molecule has 0 spiro atoms. The highest BCUT2D eigenvalue weighted by Crippen LogP contribution is 2.35. The second-order valence-corrected chi connectivity index (χ2v) is 13.4. The van der Waals surface area contributed by atoms with Crippen LogP contribution in [0.15, 0.2) is 0 Å². The zero-order valence-corrected chi connectivity index (χ0v) is 28.6. The van der Waals surface area contributed by atoms with Crippen LogP contribution in [0.1, 0.15) is 187 Å². The van der Waals surface area contributed by atoms with E-state index in [0.29, 0.717) is 13.0 Å². The Morgan fingerprint density at radius 1 is 0.548 bits per heavy atom. The minimum Gasteiger partial charge on any atom is -0.457 e. The summed E-state index contributed by atoms with van der Waals surface area (Å²) in [5, 5.41) is 0. The maximum absolute atomic E-state index is 12.2. The molecule has 0 aliphatic rings. The number of carbonyl (C=O) groups excluding carboxylic acids is 1. The van der Waals surface area contributed by atoms with Crippen LogP contribution in [0.2, 0.25) is 0 Å². The third-order valence-corrected chi connectivity index (χ3v) is 8.39. The van der Waals surface area contributed by atoms with Crippen LogP contribution < -0.4 is 0 Å². The van der Waals surface area contributed by atoms with Crippen molar-refractivity contribution in [3.05, 3.63) is 0 Å². The third kappa shape index (κ3) is 34.0. The van der Waals surface area contributed by atoms with Crippen molar-refractivity contribution in [3.8, 4) is 0 Å². The topological polar surface area (TPSA) is 102 Å². The van der Waals surface area contributed by atoms with Crippen molar-refractivity contribution in [2.75, 3.05) is 19.8 Å². The quantitative estimate of drug-likeness (QED) is 0.0419. The van der Waals surface area contributed by atoms with Gasteiger partial charge in [-0.3, -0.25) is 9.32 Å². The van der Waals surface area contributed by atoms with Crippen molar-refractivity contribution in [1.29, 1.82) is 0 Å². The Hall–Kier alpha value is -0.460. The molecule has 2 N–H and O–H groups in total. The van der Waals surface area contributed by atoms with Crippen LogP contribution in [0.5, 0.6) is 0 Å². The Morgan fingerprint density at radius 3 is 1.29 bits per heavy atom. The molecule has 0 saturated carbocycles. The SMILES string of the molecule is CCCCCCCCCCCCCCCCCCCCOC[C@H](COP(=O)(O)O)OC(=O)CCCCCCCCCC. The van der Waals surface area contributed by atoms with E-state index in [1.54, 1.807) is 0 Å². The van der Waals surface area contributed by atoms with Gasteiger partial charge in [-0.1, -0.05) is 168 Å². The summed E-state index contributed by atoms with van der Waals surface area (Å²) in [5.74, 6) is -0.364. The highest BCUT2D eigenvalue weighted by atomic mass is 31.2. The molecule has 252 valence electrons. The monoisotopic (exact) mass is 620 g/mol. The highest BCUT2D eigenvalue weighted by molar-refractivity contribution is 7.46. The molecule has 0 heterocycles. The van der Waals surface area contributed by atoms with Crippen LogP contribution in [0.4, 0.5) is 0 Å². The van der Waals surface area contributed by atoms with E-state index in [2.05, 4.69) is 18.4 Å². The van der Waals surface area contributed by atoms with Gasteiger partial charge in [0, 0.05) is 13.0 Å². The molecular weight excluding hydrogens is 551 g/mol. The Kier molecular flexibility index (Phi) is 31.6. The first-order valence-electron chi connectivity index (χ1n) is 17.9. The van der Waals surface area contributed by atoms with E-state index in [1.165, 1.54) is 135 Å². The molecule has 0 aliphatic carbocycles. The maximum Gasteiger partial charge on any atom is 0.469 e. The van der Waals surface area contributed by atoms with Crippen LogP contribution in [-0.2, 0) is 23.4 Å². The molecule has 0 rings (SSSR count). The number of phosphoric ester groups is 1. The minimum atomic E-state index is -4.63. The van der Waals surface area contributed by atoms with Crippen molar-refractivity contribution in [2.45, 2.75) is 193 Å². The molecule has 0 radical (unpaired) electrons. The van der Waals surface area contributed by atoms with Gasteiger partial charge in [0.2, 0.25) is 0 Å². The fraction of sp³-hybridized carbons (Fsp3) is 0.971. The fourth-order valence-corrected chi connectivity index (χ4v) is 5.63. The van der Waals surface area contributed by atoms with Gasteiger partial charge in [-0.15, -0.1) is 0 Å². The molecule has 7 nitrogen and oxygen atoms in total. The average Bonchev–Trinajstić information content (AvgIpc) is 2.95. The lowest BCUT2D eigenvalue weighted by Crippen LogP contribution is -2.28. The van der Waals surface area contributed by atoms with Crippen molar-refractivity contribution in [2.24, 2.45) is 0 Å². The number of esters is 1. The molecule has 0 aromatic heterocycles. The van der Waals surface area contributed by atoms with E-state index in [-0.39, 0.29) is 19.2 Å². The molecular formula is C34H69O7P. The standard InChI is InChI=1S/C34H69O7P/c1-3-5-7-9-11-13-14-15-16-17-18-19-20-21-22-24-26-28-30-39-31-33(32-40-42(36,37)38)41-34(35)29-27-25-23-12-10-8-6-4-2/h33H,3-32H2,1-2H3,(H2,36,37,38)/t33-/m1/s1. The Morgan fingerprint density at radius 2 is 0.905 bits per heavy atom. The predicted octanol–water partition coefficient (Wildman–Crippen LogP) is 10.6. The molecule has 0 aromatic rings. The zero-order valence-electron chi connectivity index (χ0n) is 27.7. The van der Waals surface area contributed by atoms with Crippen LogP contribution in [-0.4, -0.2) is 41.7 Å². The minimum absolute atomic E-state index is 0.0854. The number of phosphoric acid groups is 1. The molecule has 0 aliphatic heterocycles. The van der Waals surface area contributed by atoms with Crippen molar-refractivity contribution in [3.63, 3.8) is 0 Å². The van der Waals surface area contributed by atoms with Crippen LogP contribution in [0, 0.1) is 0 Å². The number of rotatable bonds is 34. The Labute approximate surface area is 259 Å². The fourth-order valence-electron chi connectivity index (χ4n) is 5.26. The van der Waals surface area contributed by atoms with Gasteiger partial charge in [-0.2, -0.15) is 0 Å². The molecule has 0 aromatic carbocycles. The summed E-state index contributed by atoms with van der Waals surface area (Å²) in [6.07, 6.45) is 32.5. The molecule has 42 heavy (non-hydrogen) atoms. The van der Waals surface area contributed by atoms with Gasteiger partial charge in [-0.25, -0.2) is 4.57 Å². The highest BCUT2D eigenvalue weighted by Gasteiger charge is 2.21. The van der Waals surface area contributed by atoms with Gasteiger partial charge in [0.15, 0.2) is 0 Å². The summed E-state index contributed by atoms with van der Waals surface area (Å²) in [6.45, 7) is 4.74. The number of hydrogen-bond donors (Lipinski definition) is 2. The Bertz CT molecular complexity index is 611. The number of hydrogen-bond acceptors (Lipinski definition) is 5. The lowest BCUT2D eigenvalue weighted by Gasteiger charge is -2.18. The first-order chi connectivity index (χ1) is 20.4. The van der Waals surface area contributed by atoms with Gasteiger partial charge in [-0.05, 0) is 12.8 Å². The summed E-state index contributed by atoms with van der Waals surface area (Å²) in [5.41, 5.74) is 0. The van der Waals surface area contributed by atoms with E-state index in [1.807, 2.05) is 0 Å². The largest absolute Gasteiger partial charge is 0.469 e. The molecule has 1 atom stereocenters. The van der Waals surface area contributed by atoms with Crippen molar-refractivity contribution >= 4 is 13.8 Å². The molecule has 0 fully saturated rings. The Balaban J connectivity index is 3.71. The molecule has 0 unspecified atom stereocenters. The first-order valence-corrected chi connectivity index (χ1v) is 19.4. The van der Waals surface area contributed by atoms with E-state index in [0.717, 1.165) is 32.1 Å².